The predicted octanol–water partition coefficient (Wildman–Crippen LogP) is 3.05. The summed E-state index contributed by atoms with van der Waals surface area (Å²) < 4.78 is 10.5. The number of amides is 1. The molecular formula is C20H23NO5. The van der Waals surface area contributed by atoms with Crippen molar-refractivity contribution in [1.82, 2.24) is 4.90 Å². The van der Waals surface area contributed by atoms with E-state index in [1.54, 1.807) is 30.3 Å². The Balaban J connectivity index is 2.35. The minimum atomic E-state index is -1.07. The Bertz CT molecular complexity index is 773. The van der Waals surface area contributed by atoms with Gasteiger partial charge in [-0.05, 0) is 43.7 Å². The van der Waals surface area contributed by atoms with Crippen LogP contribution in [0.25, 0.3) is 0 Å². The van der Waals surface area contributed by atoms with E-state index in [9.17, 15) is 14.7 Å². The molecule has 0 radical (unpaired) electrons. The molecule has 0 saturated heterocycles. The summed E-state index contributed by atoms with van der Waals surface area (Å²) in [6.07, 6.45) is 0. The number of rotatable bonds is 7. The lowest BCUT2D eigenvalue weighted by atomic mass is 10.1. The maximum absolute atomic E-state index is 12.9. The third-order valence-corrected chi connectivity index (χ3v) is 3.87. The number of nitrogens with zero attached hydrogens (tertiary/aromatic N) is 1. The van der Waals surface area contributed by atoms with Gasteiger partial charge >= 0.3 is 5.97 Å². The van der Waals surface area contributed by atoms with E-state index in [1.165, 1.54) is 19.1 Å². The van der Waals surface area contributed by atoms with Gasteiger partial charge < -0.3 is 19.5 Å². The van der Waals surface area contributed by atoms with Gasteiger partial charge in [-0.3, -0.25) is 9.59 Å². The monoisotopic (exact) mass is 357 g/mol. The lowest BCUT2D eigenvalue weighted by Crippen LogP contribution is -2.35. The van der Waals surface area contributed by atoms with E-state index in [1.807, 2.05) is 19.9 Å². The highest BCUT2D eigenvalue weighted by Crippen LogP contribution is 2.24. The van der Waals surface area contributed by atoms with Gasteiger partial charge in [-0.15, -0.1) is 0 Å². The van der Waals surface area contributed by atoms with Crippen molar-refractivity contribution in [3.05, 3.63) is 58.7 Å². The number of carboxylic acids is 1. The molecule has 0 saturated carbocycles. The Morgan fingerprint density at radius 2 is 1.46 bits per heavy atom. The van der Waals surface area contributed by atoms with E-state index >= 15 is 0 Å². The third kappa shape index (κ3) is 4.99. The van der Waals surface area contributed by atoms with Crippen molar-refractivity contribution in [2.24, 2.45) is 0 Å². The summed E-state index contributed by atoms with van der Waals surface area (Å²) in [5.74, 6) is -0.250. The number of hydrogen-bond donors (Lipinski definition) is 1. The number of carboxylic acid groups (broad SMARTS) is 1. The van der Waals surface area contributed by atoms with E-state index < -0.39 is 12.5 Å². The molecule has 0 spiro atoms. The number of carbonyl (C=O) groups excluding carboxylic acids is 1. The van der Waals surface area contributed by atoms with Crippen LogP contribution in [0.4, 0.5) is 0 Å². The number of carbonyl (C=O) groups is 2. The summed E-state index contributed by atoms with van der Waals surface area (Å²) in [5.41, 5.74) is 3.09. The van der Waals surface area contributed by atoms with Crippen LogP contribution in [0.3, 0.4) is 0 Å². The molecule has 1 amide bonds. The quantitative estimate of drug-likeness (QED) is 0.824. The third-order valence-electron chi connectivity index (χ3n) is 3.87. The lowest BCUT2D eigenvalue weighted by molar-refractivity contribution is -0.137. The van der Waals surface area contributed by atoms with Gasteiger partial charge in [0, 0.05) is 18.2 Å². The number of ether oxygens (including phenoxy) is 2. The van der Waals surface area contributed by atoms with Crippen molar-refractivity contribution < 1.29 is 24.2 Å². The molecule has 0 aromatic heterocycles. The van der Waals surface area contributed by atoms with Crippen molar-refractivity contribution in [2.45, 2.75) is 20.4 Å². The van der Waals surface area contributed by atoms with Crippen molar-refractivity contribution in [3.63, 3.8) is 0 Å². The molecule has 0 aliphatic rings. The maximum Gasteiger partial charge on any atom is 0.323 e. The van der Waals surface area contributed by atoms with Gasteiger partial charge in [0.2, 0.25) is 0 Å². The summed E-state index contributed by atoms with van der Waals surface area (Å²) >= 11 is 0. The van der Waals surface area contributed by atoms with Crippen LogP contribution in [0.1, 0.15) is 27.0 Å². The molecule has 2 aromatic carbocycles. The zero-order valence-electron chi connectivity index (χ0n) is 15.4. The second kappa shape index (κ2) is 8.38. The van der Waals surface area contributed by atoms with Crippen molar-refractivity contribution >= 4 is 11.9 Å². The Hall–Kier alpha value is -3.02. The molecule has 26 heavy (non-hydrogen) atoms. The Kier molecular flexibility index (Phi) is 6.22. The summed E-state index contributed by atoms with van der Waals surface area (Å²) in [5, 5.41) is 9.23. The van der Waals surface area contributed by atoms with Gasteiger partial charge in [-0.2, -0.15) is 0 Å². The molecule has 6 heteroatoms. The first-order valence-electron chi connectivity index (χ1n) is 8.13. The Morgan fingerprint density at radius 3 is 1.92 bits per heavy atom. The molecule has 6 nitrogen and oxygen atoms in total. The zero-order chi connectivity index (χ0) is 19.3. The second-order valence-electron chi connectivity index (χ2n) is 6.15. The highest BCUT2D eigenvalue weighted by atomic mass is 16.5. The standard InChI is InChI=1S/C20H23NO5/c1-13-5-14(2)7-16(6-13)20(24)21(12-19(22)23)11-15-8-17(25-3)10-18(9-15)26-4/h5-10H,11-12H2,1-4H3,(H,22,23). The Labute approximate surface area is 153 Å². The second-order valence-corrected chi connectivity index (χ2v) is 6.15. The largest absolute Gasteiger partial charge is 0.497 e. The molecule has 0 aliphatic heterocycles. The molecule has 0 fully saturated rings. The fourth-order valence-corrected chi connectivity index (χ4v) is 2.82. The topological polar surface area (TPSA) is 76.1 Å². The van der Waals surface area contributed by atoms with Gasteiger partial charge in [0.15, 0.2) is 0 Å². The smallest absolute Gasteiger partial charge is 0.323 e. The predicted molar refractivity (Wildman–Crippen MR) is 97.8 cm³/mol. The number of methoxy groups -OCH3 is 2. The van der Waals surface area contributed by atoms with Gasteiger partial charge in [0.1, 0.15) is 18.0 Å². The van der Waals surface area contributed by atoms with Crippen LogP contribution in [-0.4, -0.2) is 42.6 Å². The first-order chi connectivity index (χ1) is 12.3. The molecule has 2 rings (SSSR count). The zero-order valence-corrected chi connectivity index (χ0v) is 15.4. The average molecular weight is 357 g/mol. The molecule has 1 N–H and O–H groups in total. The fraction of sp³-hybridized carbons (Fsp3) is 0.300. The van der Waals surface area contributed by atoms with Gasteiger partial charge in [-0.1, -0.05) is 17.2 Å². The minimum Gasteiger partial charge on any atom is -0.497 e. The van der Waals surface area contributed by atoms with E-state index in [0.29, 0.717) is 17.1 Å². The Morgan fingerprint density at radius 1 is 0.923 bits per heavy atom. The summed E-state index contributed by atoms with van der Waals surface area (Å²) in [4.78, 5) is 25.5. The molecular weight excluding hydrogens is 334 g/mol. The summed E-state index contributed by atoms with van der Waals surface area (Å²) in [6.45, 7) is 3.54. The van der Waals surface area contributed by atoms with Gasteiger partial charge in [0.05, 0.1) is 14.2 Å². The van der Waals surface area contributed by atoms with Crippen LogP contribution in [0.15, 0.2) is 36.4 Å². The van der Waals surface area contributed by atoms with E-state index in [-0.39, 0.29) is 12.5 Å². The highest BCUT2D eigenvalue weighted by Gasteiger charge is 2.20. The summed E-state index contributed by atoms with van der Waals surface area (Å²) in [6, 6.07) is 10.7. The number of benzene rings is 2. The molecule has 138 valence electrons. The first-order valence-corrected chi connectivity index (χ1v) is 8.13. The molecule has 0 atom stereocenters. The number of aryl methyl sites for hydroxylation is 2. The van der Waals surface area contributed by atoms with E-state index in [4.69, 9.17) is 9.47 Å². The van der Waals surface area contributed by atoms with Gasteiger partial charge in [-0.25, -0.2) is 0 Å². The lowest BCUT2D eigenvalue weighted by Gasteiger charge is -2.22. The van der Waals surface area contributed by atoms with Gasteiger partial charge in [0.25, 0.3) is 5.91 Å². The summed E-state index contributed by atoms with van der Waals surface area (Å²) in [7, 11) is 3.07. The SMILES string of the molecule is COc1cc(CN(CC(=O)O)C(=O)c2cc(C)cc(C)c2)cc(OC)c1. The number of aliphatic carboxylic acids is 1. The molecule has 0 heterocycles. The van der Waals surface area contributed by atoms with Crippen LogP contribution in [-0.2, 0) is 11.3 Å². The van der Waals surface area contributed by atoms with Crippen LogP contribution in [0.5, 0.6) is 11.5 Å². The van der Waals surface area contributed by atoms with Crippen molar-refractivity contribution in [2.75, 3.05) is 20.8 Å². The van der Waals surface area contributed by atoms with Crippen LogP contribution >= 0.6 is 0 Å². The van der Waals surface area contributed by atoms with Crippen LogP contribution in [0.2, 0.25) is 0 Å². The molecule has 2 aromatic rings. The number of hydrogen-bond acceptors (Lipinski definition) is 4. The minimum absolute atomic E-state index is 0.131. The molecule has 0 bridgehead atoms. The van der Waals surface area contributed by atoms with Crippen molar-refractivity contribution in [3.8, 4) is 11.5 Å². The van der Waals surface area contributed by atoms with E-state index in [2.05, 4.69) is 0 Å². The average Bonchev–Trinajstić information content (AvgIpc) is 2.58. The molecule has 0 unspecified atom stereocenters. The van der Waals surface area contributed by atoms with Crippen molar-refractivity contribution in [1.29, 1.82) is 0 Å². The molecule has 0 aliphatic carbocycles. The van der Waals surface area contributed by atoms with Crippen LogP contribution in [0, 0.1) is 13.8 Å². The highest BCUT2D eigenvalue weighted by molar-refractivity contribution is 5.96. The van der Waals surface area contributed by atoms with Crippen LogP contribution < -0.4 is 9.47 Å². The maximum atomic E-state index is 12.9. The van der Waals surface area contributed by atoms with E-state index in [0.717, 1.165) is 16.7 Å². The first kappa shape index (κ1) is 19.3. The normalized spacial score (nSPS) is 10.3. The fourth-order valence-electron chi connectivity index (χ4n) is 2.82.